The zero-order chi connectivity index (χ0) is 22.1. The van der Waals surface area contributed by atoms with Crippen LogP contribution < -0.4 is 20.1 Å². The summed E-state index contributed by atoms with van der Waals surface area (Å²) >= 11 is 0. The second-order valence-electron chi connectivity index (χ2n) is 6.91. The highest BCUT2D eigenvalue weighted by Gasteiger charge is 2.17. The molecule has 0 amide bonds. The maximum atomic E-state index is 13.9. The number of halogens is 2. The lowest BCUT2D eigenvalue weighted by molar-refractivity contribution is 0.295. The Balaban J connectivity index is 2.16. The normalized spacial score (nSPS) is 12.6. The Bertz CT molecular complexity index is 859. The molecular weight excluding hydrogens is 390 g/mol. The maximum Gasteiger partial charge on any atom is 0.191 e. The summed E-state index contributed by atoms with van der Waals surface area (Å²) in [5.74, 6) is 0.879. The van der Waals surface area contributed by atoms with Crippen molar-refractivity contribution in [2.45, 2.75) is 19.5 Å². The van der Waals surface area contributed by atoms with Crippen molar-refractivity contribution in [2.24, 2.45) is 4.99 Å². The Kier molecular flexibility index (Phi) is 8.86. The molecule has 0 spiro atoms. The van der Waals surface area contributed by atoms with Gasteiger partial charge < -0.3 is 25.0 Å². The van der Waals surface area contributed by atoms with E-state index in [0.29, 0.717) is 30.5 Å². The summed E-state index contributed by atoms with van der Waals surface area (Å²) in [5.41, 5.74) is 1.24. The Morgan fingerprint density at radius 3 is 2.40 bits per heavy atom. The van der Waals surface area contributed by atoms with E-state index in [0.717, 1.165) is 23.8 Å². The number of aliphatic imine (C=N–C) groups is 1. The molecule has 0 saturated heterocycles. The number of hydrogen-bond donors (Lipinski definition) is 2. The van der Waals surface area contributed by atoms with Gasteiger partial charge in [0.25, 0.3) is 0 Å². The standard InChI is InChI=1S/C22H30F2N4O2/c1-6-25-22(26-13-16-11-17(23)8-9-18(16)24)27-14-19(28(2)3)15-7-10-20(29-4)21(12-15)30-5/h7-12,19H,6,13-14H2,1-5H3,(H2,25,26,27). The van der Waals surface area contributed by atoms with E-state index in [1.807, 2.05) is 39.2 Å². The summed E-state index contributed by atoms with van der Waals surface area (Å²) in [7, 11) is 7.17. The van der Waals surface area contributed by atoms with Crippen LogP contribution in [0.1, 0.15) is 24.1 Å². The minimum atomic E-state index is -0.485. The van der Waals surface area contributed by atoms with E-state index in [2.05, 4.69) is 20.5 Å². The van der Waals surface area contributed by atoms with Gasteiger partial charge in [0.05, 0.1) is 26.8 Å². The first-order valence-corrected chi connectivity index (χ1v) is 9.74. The predicted octanol–water partition coefficient (Wildman–Crippen LogP) is 3.34. The summed E-state index contributed by atoms with van der Waals surface area (Å²) in [6.07, 6.45) is 0. The molecule has 0 aliphatic carbocycles. The summed E-state index contributed by atoms with van der Waals surface area (Å²) in [6, 6.07) is 9.18. The highest BCUT2D eigenvalue weighted by atomic mass is 19.1. The lowest BCUT2D eigenvalue weighted by Crippen LogP contribution is -2.41. The topological polar surface area (TPSA) is 58.1 Å². The van der Waals surface area contributed by atoms with Crippen molar-refractivity contribution in [3.8, 4) is 11.5 Å². The van der Waals surface area contributed by atoms with Gasteiger partial charge in [0.2, 0.25) is 0 Å². The Hall–Kier alpha value is -2.87. The van der Waals surface area contributed by atoms with Gasteiger partial charge in [0.1, 0.15) is 11.6 Å². The van der Waals surface area contributed by atoms with Gasteiger partial charge in [-0.2, -0.15) is 0 Å². The Labute approximate surface area is 176 Å². The van der Waals surface area contributed by atoms with Crippen molar-refractivity contribution >= 4 is 5.96 Å². The minimum absolute atomic E-state index is 0.0135. The molecule has 0 aliphatic rings. The molecule has 30 heavy (non-hydrogen) atoms. The molecule has 0 bridgehead atoms. The van der Waals surface area contributed by atoms with Crippen molar-refractivity contribution in [2.75, 3.05) is 41.4 Å². The second-order valence-corrected chi connectivity index (χ2v) is 6.91. The molecule has 2 N–H and O–H groups in total. The van der Waals surface area contributed by atoms with Crippen LogP contribution in [0.15, 0.2) is 41.4 Å². The van der Waals surface area contributed by atoms with E-state index < -0.39 is 11.6 Å². The van der Waals surface area contributed by atoms with Crippen molar-refractivity contribution in [1.29, 1.82) is 0 Å². The van der Waals surface area contributed by atoms with Gasteiger partial charge in [0.15, 0.2) is 17.5 Å². The number of guanidine groups is 1. The molecular formula is C22H30F2N4O2. The first kappa shape index (κ1) is 23.4. The fraction of sp³-hybridized carbons (Fsp3) is 0.409. The number of nitrogens with one attached hydrogen (secondary N) is 2. The smallest absolute Gasteiger partial charge is 0.191 e. The maximum absolute atomic E-state index is 13.9. The Morgan fingerprint density at radius 2 is 1.77 bits per heavy atom. The average Bonchev–Trinajstić information content (AvgIpc) is 2.73. The lowest BCUT2D eigenvalue weighted by atomic mass is 10.1. The zero-order valence-electron chi connectivity index (χ0n) is 18.1. The summed E-state index contributed by atoms with van der Waals surface area (Å²) in [6.45, 7) is 3.15. The zero-order valence-corrected chi connectivity index (χ0v) is 18.1. The average molecular weight is 421 g/mol. The number of rotatable bonds is 9. The molecule has 0 radical (unpaired) electrons. The molecule has 2 rings (SSSR count). The lowest BCUT2D eigenvalue weighted by Gasteiger charge is -2.26. The predicted molar refractivity (Wildman–Crippen MR) is 115 cm³/mol. The summed E-state index contributed by atoms with van der Waals surface area (Å²) in [5, 5.41) is 6.41. The number of nitrogens with zero attached hydrogens (tertiary/aromatic N) is 2. The molecule has 1 unspecified atom stereocenters. The monoisotopic (exact) mass is 420 g/mol. The van der Waals surface area contributed by atoms with Gasteiger partial charge in [-0.15, -0.1) is 0 Å². The first-order valence-electron chi connectivity index (χ1n) is 9.74. The van der Waals surface area contributed by atoms with Gasteiger partial charge in [-0.05, 0) is 56.9 Å². The van der Waals surface area contributed by atoms with Crippen molar-refractivity contribution in [1.82, 2.24) is 15.5 Å². The molecule has 0 saturated carbocycles. The number of benzene rings is 2. The SMILES string of the molecule is CCNC(=NCc1cc(F)ccc1F)NCC(c1ccc(OC)c(OC)c1)N(C)C. The highest BCUT2D eigenvalue weighted by Crippen LogP contribution is 2.31. The third-order valence-electron chi connectivity index (χ3n) is 4.64. The summed E-state index contributed by atoms with van der Waals surface area (Å²) < 4.78 is 38.0. The van der Waals surface area contributed by atoms with Gasteiger partial charge >= 0.3 is 0 Å². The highest BCUT2D eigenvalue weighted by molar-refractivity contribution is 5.79. The third-order valence-corrected chi connectivity index (χ3v) is 4.64. The third kappa shape index (κ3) is 6.32. The van der Waals surface area contributed by atoms with Crippen molar-refractivity contribution < 1.29 is 18.3 Å². The molecule has 164 valence electrons. The fourth-order valence-electron chi connectivity index (χ4n) is 3.02. The number of ether oxygens (including phenoxy) is 2. The minimum Gasteiger partial charge on any atom is -0.493 e. The van der Waals surface area contributed by atoms with Crippen molar-refractivity contribution in [3.05, 3.63) is 59.2 Å². The van der Waals surface area contributed by atoms with Crippen LogP contribution in [-0.2, 0) is 6.54 Å². The number of methoxy groups -OCH3 is 2. The molecule has 0 aliphatic heterocycles. The second kappa shape index (κ2) is 11.3. The van der Waals surface area contributed by atoms with Crippen LogP contribution in [0.3, 0.4) is 0 Å². The molecule has 1 atom stereocenters. The van der Waals surface area contributed by atoms with Gasteiger partial charge in [-0.1, -0.05) is 6.07 Å². The van der Waals surface area contributed by atoms with Crippen molar-refractivity contribution in [3.63, 3.8) is 0 Å². The van der Waals surface area contributed by atoms with Crippen LogP contribution in [0.4, 0.5) is 8.78 Å². The number of hydrogen-bond acceptors (Lipinski definition) is 4. The van der Waals surface area contributed by atoms with E-state index in [1.165, 1.54) is 0 Å². The van der Waals surface area contributed by atoms with E-state index in [4.69, 9.17) is 9.47 Å². The van der Waals surface area contributed by atoms with Crippen LogP contribution in [0.25, 0.3) is 0 Å². The fourth-order valence-corrected chi connectivity index (χ4v) is 3.02. The van der Waals surface area contributed by atoms with Crippen LogP contribution in [0.2, 0.25) is 0 Å². The molecule has 0 fully saturated rings. The van der Waals surface area contributed by atoms with E-state index in [9.17, 15) is 8.78 Å². The van der Waals surface area contributed by atoms with Crippen LogP contribution >= 0.6 is 0 Å². The molecule has 2 aromatic rings. The van der Waals surface area contributed by atoms with E-state index >= 15 is 0 Å². The van der Waals surface area contributed by atoms with Gasteiger partial charge in [0, 0.05) is 18.7 Å². The van der Waals surface area contributed by atoms with Crippen LogP contribution in [-0.4, -0.2) is 52.3 Å². The first-order chi connectivity index (χ1) is 14.4. The van der Waals surface area contributed by atoms with Gasteiger partial charge in [-0.25, -0.2) is 13.8 Å². The molecule has 0 heterocycles. The van der Waals surface area contributed by atoms with Crippen LogP contribution in [0, 0.1) is 11.6 Å². The summed E-state index contributed by atoms with van der Waals surface area (Å²) in [4.78, 5) is 6.47. The number of likely N-dealkylation sites (N-methyl/N-ethyl adjacent to an activating group) is 1. The molecule has 8 heteroatoms. The molecule has 6 nitrogen and oxygen atoms in total. The van der Waals surface area contributed by atoms with Gasteiger partial charge in [-0.3, -0.25) is 0 Å². The molecule has 2 aromatic carbocycles. The molecule has 0 aromatic heterocycles. The quantitative estimate of drug-likeness (QED) is 0.481. The Morgan fingerprint density at radius 1 is 1.03 bits per heavy atom. The van der Waals surface area contributed by atoms with E-state index in [1.54, 1.807) is 14.2 Å². The largest absolute Gasteiger partial charge is 0.493 e. The van der Waals surface area contributed by atoms with Crippen LogP contribution in [0.5, 0.6) is 11.5 Å². The van der Waals surface area contributed by atoms with E-state index in [-0.39, 0.29) is 18.2 Å².